The topological polar surface area (TPSA) is 0 Å². The van der Waals surface area contributed by atoms with Crippen molar-refractivity contribution in [2.75, 3.05) is 38.2 Å². The van der Waals surface area contributed by atoms with Crippen LogP contribution < -0.4 is 24.0 Å². The van der Waals surface area contributed by atoms with Crippen LogP contribution in [0.1, 0.15) is 96.8 Å². The van der Waals surface area contributed by atoms with Crippen LogP contribution >= 0.6 is 11.8 Å². The molecule has 0 aromatic heterocycles. The second kappa shape index (κ2) is 17.5. The highest BCUT2D eigenvalue weighted by Crippen LogP contribution is 2.18. The van der Waals surface area contributed by atoms with Gasteiger partial charge in [-0.05, 0) is 12.8 Å². The highest BCUT2D eigenvalue weighted by atomic mass is 127. The van der Waals surface area contributed by atoms with Crippen LogP contribution in [0.5, 0.6) is 0 Å². The van der Waals surface area contributed by atoms with Crippen LogP contribution in [-0.4, -0.2) is 42.7 Å². The van der Waals surface area contributed by atoms with E-state index in [2.05, 4.69) is 25.7 Å². The van der Waals surface area contributed by atoms with Crippen molar-refractivity contribution in [3.8, 4) is 0 Å². The lowest BCUT2D eigenvalue weighted by Crippen LogP contribution is -3.00. The summed E-state index contributed by atoms with van der Waals surface area (Å²) in [6.45, 7) is 6.54. The van der Waals surface area contributed by atoms with Gasteiger partial charge in [0.2, 0.25) is 0 Å². The normalized spacial score (nSPS) is 16.8. The third-order valence-corrected chi connectivity index (χ3v) is 6.54. The average Bonchev–Trinajstić information content (AvgIpc) is 2.56. The summed E-state index contributed by atoms with van der Waals surface area (Å²) in [5, 5.41) is 0. The van der Waals surface area contributed by atoms with Gasteiger partial charge in [-0.25, -0.2) is 0 Å². The maximum absolute atomic E-state index is 2.47. The van der Waals surface area contributed by atoms with Crippen molar-refractivity contribution < 1.29 is 28.5 Å². The van der Waals surface area contributed by atoms with Gasteiger partial charge in [-0.2, -0.15) is 11.8 Å². The summed E-state index contributed by atoms with van der Waals surface area (Å²) in [7, 11) is 2.47. The van der Waals surface area contributed by atoms with Gasteiger partial charge in [0.25, 0.3) is 0 Å². The molecule has 0 aromatic rings. The molecule has 24 heavy (non-hydrogen) atoms. The van der Waals surface area contributed by atoms with Crippen molar-refractivity contribution in [1.82, 2.24) is 0 Å². The molecule has 1 rings (SSSR count). The smallest absolute Gasteiger partial charge is 0.0876 e. The van der Waals surface area contributed by atoms with Crippen LogP contribution in [0.3, 0.4) is 0 Å². The van der Waals surface area contributed by atoms with Gasteiger partial charge in [-0.1, -0.05) is 84.0 Å². The zero-order valence-electron chi connectivity index (χ0n) is 16.7. The van der Waals surface area contributed by atoms with E-state index in [0.29, 0.717) is 0 Å². The molecule has 0 aliphatic carbocycles. The highest BCUT2D eigenvalue weighted by Gasteiger charge is 2.23. The monoisotopic (exact) mass is 469 g/mol. The number of hydrogen-bond donors (Lipinski definition) is 0. The Kier molecular flexibility index (Phi) is 18.2. The number of nitrogens with zero attached hydrogens (tertiary/aromatic N) is 1. The van der Waals surface area contributed by atoms with E-state index in [1.807, 2.05) is 0 Å². The van der Waals surface area contributed by atoms with Gasteiger partial charge < -0.3 is 28.5 Å². The quantitative estimate of drug-likeness (QED) is 0.200. The number of quaternary nitrogens is 1. The maximum Gasteiger partial charge on any atom is 0.0876 e. The number of unbranched alkanes of at least 4 members (excludes halogenated alkanes) is 13. The molecule has 1 heterocycles. The van der Waals surface area contributed by atoms with Crippen molar-refractivity contribution in [3.05, 3.63) is 0 Å². The molecule has 0 amide bonds. The lowest BCUT2D eigenvalue weighted by molar-refractivity contribution is -0.906. The fraction of sp³-hybridized carbons (Fsp3) is 1.00. The van der Waals surface area contributed by atoms with Gasteiger partial charge in [-0.3, -0.25) is 0 Å². The number of thioether (sulfide) groups is 1. The van der Waals surface area contributed by atoms with E-state index in [0.717, 1.165) is 0 Å². The summed E-state index contributed by atoms with van der Waals surface area (Å²) >= 11 is 2.14. The Morgan fingerprint density at radius 1 is 0.625 bits per heavy atom. The Morgan fingerprint density at radius 3 is 1.42 bits per heavy atom. The minimum atomic E-state index is 0. The maximum atomic E-state index is 2.47. The molecule has 0 unspecified atom stereocenters. The van der Waals surface area contributed by atoms with E-state index in [4.69, 9.17) is 0 Å². The number of rotatable bonds is 15. The Bertz CT molecular complexity index is 254. The van der Waals surface area contributed by atoms with Crippen LogP contribution in [0.25, 0.3) is 0 Å². The molecule has 0 N–H and O–H groups in total. The van der Waals surface area contributed by atoms with Crippen molar-refractivity contribution in [2.24, 2.45) is 0 Å². The Balaban J connectivity index is 0.00000529. The van der Waals surface area contributed by atoms with E-state index in [9.17, 15) is 0 Å². The molecule has 0 atom stereocenters. The zero-order valence-corrected chi connectivity index (χ0v) is 19.6. The molecule has 1 nitrogen and oxygen atoms in total. The predicted octanol–water partition coefficient (Wildman–Crippen LogP) is 3.67. The average molecular weight is 470 g/mol. The third kappa shape index (κ3) is 14.2. The summed E-state index contributed by atoms with van der Waals surface area (Å²) in [6.07, 6.45) is 20.6. The summed E-state index contributed by atoms with van der Waals surface area (Å²) in [5.41, 5.74) is 0. The first kappa shape index (κ1) is 25.0. The second-order valence-electron chi connectivity index (χ2n) is 8.00. The second-order valence-corrected chi connectivity index (χ2v) is 9.22. The summed E-state index contributed by atoms with van der Waals surface area (Å²) in [5.74, 6) is 2.77. The molecule has 1 fully saturated rings. The molecule has 0 spiro atoms. The minimum Gasteiger partial charge on any atom is -1.00 e. The van der Waals surface area contributed by atoms with Crippen LogP contribution in [0, 0.1) is 0 Å². The molecule has 0 bridgehead atoms. The zero-order chi connectivity index (χ0) is 16.6. The first-order valence-electron chi connectivity index (χ1n) is 10.7. The molecule has 1 saturated heterocycles. The van der Waals surface area contributed by atoms with Crippen LogP contribution in [-0.2, 0) is 0 Å². The van der Waals surface area contributed by atoms with Crippen molar-refractivity contribution >= 4 is 11.8 Å². The Labute approximate surface area is 174 Å². The Hall–Kier alpha value is 1.04. The molecule has 0 radical (unpaired) electrons. The van der Waals surface area contributed by atoms with Crippen molar-refractivity contribution in [1.29, 1.82) is 0 Å². The molecule has 3 heteroatoms. The van der Waals surface area contributed by atoms with Crippen molar-refractivity contribution in [2.45, 2.75) is 96.8 Å². The summed E-state index contributed by atoms with van der Waals surface area (Å²) in [4.78, 5) is 0. The van der Waals surface area contributed by atoms with E-state index >= 15 is 0 Å². The molecular formula is C21H44INS. The fourth-order valence-corrected chi connectivity index (χ4v) is 5.04. The highest BCUT2D eigenvalue weighted by molar-refractivity contribution is 7.99. The molecule has 1 aliphatic heterocycles. The largest absolute Gasteiger partial charge is 1.00 e. The van der Waals surface area contributed by atoms with Crippen LogP contribution in [0.4, 0.5) is 0 Å². The third-order valence-electron chi connectivity index (χ3n) is 5.60. The molecule has 1 aliphatic rings. The van der Waals surface area contributed by atoms with E-state index in [-0.39, 0.29) is 24.0 Å². The van der Waals surface area contributed by atoms with Gasteiger partial charge in [-0.15, -0.1) is 0 Å². The minimum absolute atomic E-state index is 0. The number of hydrogen-bond acceptors (Lipinski definition) is 1. The van der Waals surface area contributed by atoms with E-state index in [1.54, 1.807) is 0 Å². The van der Waals surface area contributed by atoms with E-state index < -0.39 is 0 Å². The first-order chi connectivity index (χ1) is 11.3. The fourth-order valence-electron chi connectivity index (χ4n) is 3.70. The van der Waals surface area contributed by atoms with Gasteiger partial charge in [0.15, 0.2) is 0 Å². The first-order valence-corrected chi connectivity index (χ1v) is 11.8. The standard InChI is InChI=1S/C21H44NS.HI/c1-3-4-5-6-7-8-9-10-11-12-13-14-15-16-17-22(2)18-20-23-21-19-22;/h3-21H2,1-2H3;1H/q+1;/p-1. The SMILES string of the molecule is CCCCCCCCCCCCCCCC[N+]1(C)CCSCC1.[I-]. The summed E-state index contributed by atoms with van der Waals surface area (Å²) < 4.78 is 1.35. The van der Waals surface area contributed by atoms with Gasteiger partial charge in [0.05, 0.1) is 26.7 Å². The van der Waals surface area contributed by atoms with Gasteiger partial charge in [0.1, 0.15) is 0 Å². The van der Waals surface area contributed by atoms with Crippen LogP contribution in [0.2, 0.25) is 0 Å². The predicted molar refractivity (Wildman–Crippen MR) is 108 cm³/mol. The molecule has 0 saturated carbocycles. The molecule has 146 valence electrons. The van der Waals surface area contributed by atoms with Crippen LogP contribution in [0.15, 0.2) is 0 Å². The van der Waals surface area contributed by atoms with Crippen molar-refractivity contribution in [3.63, 3.8) is 0 Å². The number of halogens is 1. The lowest BCUT2D eigenvalue weighted by atomic mass is 10.0. The molecular weight excluding hydrogens is 425 g/mol. The summed E-state index contributed by atoms with van der Waals surface area (Å²) in [6, 6.07) is 0. The van der Waals surface area contributed by atoms with E-state index in [1.165, 1.54) is 126 Å². The Morgan fingerprint density at radius 2 is 1.00 bits per heavy atom. The lowest BCUT2D eigenvalue weighted by Gasteiger charge is -2.37. The van der Waals surface area contributed by atoms with Gasteiger partial charge >= 0.3 is 0 Å². The van der Waals surface area contributed by atoms with Gasteiger partial charge in [0, 0.05) is 11.5 Å². The molecule has 0 aromatic carbocycles.